The van der Waals surface area contributed by atoms with Crippen LogP contribution in [-0.2, 0) is 4.74 Å². The molecule has 1 amide bonds. The minimum atomic E-state index is -4.46. The SMILES string of the molecule is C[C@H](NC(=O)OCC(F)(F)F)C1CC1. The lowest BCUT2D eigenvalue weighted by molar-refractivity contribution is -0.160. The van der Waals surface area contributed by atoms with Crippen molar-refractivity contribution in [2.75, 3.05) is 6.61 Å². The first kappa shape index (κ1) is 11.1. The molecule has 6 heteroatoms. The summed E-state index contributed by atoms with van der Waals surface area (Å²) in [5, 5.41) is 2.35. The molecule has 0 bridgehead atoms. The molecule has 0 radical (unpaired) electrons. The summed E-state index contributed by atoms with van der Waals surface area (Å²) in [4.78, 5) is 10.8. The molecule has 1 saturated carbocycles. The van der Waals surface area contributed by atoms with Crippen LogP contribution >= 0.6 is 0 Å². The van der Waals surface area contributed by atoms with Crippen LogP contribution < -0.4 is 5.32 Å². The van der Waals surface area contributed by atoms with Crippen molar-refractivity contribution in [3.8, 4) is 0 Å². The number of alkyl halides is 3. The van der Waals surface area contributed by atoms with Gasteiger partial charge in [-0.25, -0.2) is 4.79 Å². The highest BCUT2D eigenvalue weighted by molar-refractivity contribution is 5.67. The van der Waals surface area contributed by atoms with Gasteiger partial charge < -0.3 is 10.1 Å². The average Bonchev–Trinajstić information content (AvgIpc) is 2.81. The number of ether oxygens (including phenoxy) is 1. The number of hydrogen-bond acceptors (Lipinski definition) is 2. The number of carbonyl (C=O) groups excluding carboxylic acids is 1. The van der Waals surface area contributed by atoms with E-state index >= 15 is 0 Å². The fourth-order valence-corrected chi connectivity index (χ4v) is 1.09. The van der Waals surface area contributed by atoms with Crippen molar-refractivity contribution >= 4 is 6.09 Å². The van der Waals surface area contributed by atoms with E-state index in [-0.39, 0.29) is 6.04 Å². The van der Waals surface area contributed by atoms with Gasteiger partial charge in [0.2, 0.25) is 0 Å². The summed E-state index contributed by atoms with van der Waals surface area (Å²) in [5.74, 6) is 0.397. The molecule has 1 aliphatic rings. The van der Waals surface area contributed by atoms with Gasteiger partial charge in [0.15, 0.2) is 6.61 Å². The molecule has 0 aromatic heterocycles. The van der Waals surface area contributed by atoms with Crippen molar-refractivity contribution in [3.05, 3.63) is 0 Å². The number of hydrogen-bond donors (Lipinski definition) is 1. The first-order valence-corrected chi connectivity index (χ1v) is 4.38. The van der Waals surface area contributed by atoms with Crippen LogP contribution in [0.5, 0.6) is 0 Å². The summed E-state index contributed by atoms with van der Waals surface area (Å²) >= 11 is 0. The van der Waals surface area contributed by atoms with Gasteiger partial charge in [-0.1, -0.05) is 0 Å². The fraction of sp³-hybridized carbons (Fsp3) is 0.875. The highest BCUT2D eigenvalue weighted by Crippen LogP contribution is 2.32. The molecular weight excluding hydrogens is 199 g/mol. The van der Waals surface area contributed by atoms with E-state index in [1.54, 1.807) is 6.92 Å². The van der Waals surface area contributed by atoms with Crippen LogP contribution in [0.4, 0.5) is 18.0 Å². The Morgan fingerprint density at radius 2 is 2.14 bits per heavy atom. The number of nitrogens with one attached hydrogen (secondary N) is 1. The third-order valence-electron chi connectivity index (χ3n) is 2.04. The first-order chi connectivity index (χ1) is 6.38. The third-order valence-corrected chi connectivity index (χ3v) is 2.04. The van der Waals surface area contributed by atoms with Crippen LogP contribution in [0.2, 0.25) is 0 Å². The molecule has 1 rings (SSSR count). The normalized spacial score (nSPS) is 18.9. The van der Waals surface area contributed by atoms with Crippen molar-refractivity contribution in [1.29, 1.82) is 0 Å². The molecule has 0 unspecified atom stereocenters. The van der Waals surface area contributed by atoms with E-state index in [1.165, 1.54) is 0 Å². The van der Waals surface area contributed by atoms with Crippen LogP contribution in [0.1, 0.15) is 19.8 Å². The molecular formula is C8H12F3NO2. The van der Waals surface area contributed by atoms with E-state index in [9.17, 15) is 18.0 Å². The van der Waals surface area contributed by atoms with Gasteiger partial charge in [0.25, 0.3) is 0 Å². The second-order valence-corrected chi connectivity index (χ2v) is 3.46. The van der Waals surface area contributed by atoms with Gasteiger partial charge in [0, 0.05) is 6.04 Å². The monoisotopic (exact) mass is 211 g/mol. The van der Waals surface area contributed by atoms with Gasteiger partial charge in [0.1, 0.15) is 0 Å². The maximum absolute atomic E-state index is 11.6. The summed E-state index contributed by atoms with van der Waals surface area (Å²) in [6, 6.07) is -0.101. The molecule has 82 valence electrons. The summed E-state index contributed by atoms with van der Waals surface area (Å²) in [6.45, 7) is 0.225. The second kappa shape index (κ2) is 4.06. The Kier molecular flexibility index (Phi) is 3.23. The largest absolute Gasteiger partial charge is 0.440 e. The molecule has 0 aromatic rings. The van der Waals surface area contributed by atoms with Crippen molar-refractivity contribution in [1.82, 2.24) is 5.32 Å². The Hall–Kier alpha value is -0.940. The number of amides is 1. The van der Waals surface area contributed by atoms with E-state index in [0.29, 0.717) is 5.92 Å². The van der Waals surface area contributed by atoms with Crippen LogP contribution in [0.25, 0.3) is 0 Å². The van der Waals surface area contributed by atoms with E-state index in [4.69, 9.17) is 0 Å². The smallest absolute Gasteiger partial charge is 0.422 e. The van der Waals surface area contributed by atoms with Crippen molar-refractivity contribution in [2.45, 2.75) is 32.0 Å². The average molecular weight is 211 g/mol. The molecule has 1 aliphatic carbocycles. The van der Waals surface area contributed by atoms with Crippen molar-refractivity contribution < 1.29 is 22.7 Å². The Morgan fingerprint density at radius 1 is 1.57 bits per heavy atom. The molecule has 0 heterocycles. The number of rotatable bonds is 3. The van der Waals surface area contributed by atoms with E-state index in [2.05, 4.69) is 10.1 Å². The van der Waals surface area contributed by atoms with E-state index in [0.717, 1.165) is 12.8 Å². The minimum Gasteiger partial charge on any atom is -0.440 e. The molecule has 0 spiro atoms. The fourth-order valence-electron chi connectivity index (χ4n) is 1.09. The van der Waals surface area contributed by atoms with Gasteiger partial charge in [-0.2, -0.15) is 13.2 Å². The highest BCUT2D eigenvalue weighted by Gasteiger charge is 2.32. The van der Waals surface area contributed by atoms with Gasteiger partial charge in [-0.3, -0.25) is 0 Å². The zero-order chi connectivity index (χ0) is 10.8. The number of alkyl carbamates (subject to hydrolysis) is 1. The van der Waals surface area contributed by atoms with Gasteiger partial charge in [-0.05, 0) is 25.7 Å². The quantitative estimate of drug-likeness (QED) is 0.776. The van der Waals surface area contributed by atoms with E-state index in [1.807, 2.05) is 0 Å². The predicted molar refractivity (Wildman–Crippen MR) is 42.7 cm³/mol. The molecule has 1 N–H and O–H groups in total. The van der Waals surface area contributed by atoms with Gasteiger partial charge >= 0.3 is 12.3 Å². The lowest BCUT2D eigenvalue weighted by Gasteiger charge is -2.13. The molecule has 1 atom stereocenters. The van der Waals surface area contributed by atoms with Gasteiger partial charge in [-0.15, -0.1) is 0 Å². The second-order valence-electron chi connectivity index (χ2n) is 3.46. The molecule has 1 fully saturated rings. The van der Waals surface area contributed by atoms with Crippen LogP contribution in [0, 0.1) is 5.92 Å². The molecule has 0 aromatic carbocycles. The Morgan fingerprint density at radius 3 is 2.57 bits per heavy atom. The Labute approximate surface area is 79.6 Å². The van der Waals surface area contributed by atoms with Crippen molar-refractivity contribution in [2.24, 2.45) is 5.92 Å². The zero-order valence-corrected chi connectivity index (χ0v) is 7.73. The summed E-state index contributed by atoms with van der Waals surface area (Å²) in [6.07, 6.45) is -3.43. The van der Waals surface area contributed by atoms with Crippen molar-refractivity contribution in [3.63, 3.8) is 0 Å². The minimum absolute atomic E-state index is 0.101. The lowest BCUT2D eigenvalue weighted by atomic mass is 10.2. The summed E-state index contributed by atoms with van der Waals surface area (Å²) in [7, 11) is 0. The Bertz CT molecular complexity index is 213. The number of halogens is 3. The highest BCUT2D eigenvalue weighted by atomic mass is 19.4. The summed E-state index contributed by atoms with van der Waals surface area (Å²) in [5.41, 5.74) is 0. The molecule has 3 nitrogen and oxygen atoms in total. The maximum atomic E-state index is 11.6. The molecule has 14 heavy (non-hydrogen) atoms. The Balaban J connectivity index is 2.15. The summed E-state index contributed by atoms with van der Waals surface area (Å²) < 4.78 is 38.8. The predicted octanol–water partition coefficient (Wildman–Crippen LogP) is 2.07. The van der Waals surface area contributed by atoms with Crippen LogP contribution in [0.3, 0.4) is 0 Å². The van der Waals surface area contributed by atoms with Crippen LogP contribution in [-0.4, -0.2) is 24.9 Å². The van der Waals surface area contributed by atoms with E-state index < -0.39 is 18.9 Å². The van der Waals surface area contributed by atoms with Crippen LogP contribution in [0.15, 0.2) is 0 Å². The maximum Gasteiger partial charge on any atom is 0.422 e. The molecule has 0 aliphatic heterocycles. The van der Waals surface area contributed by atoms with Gasteiger partial charge in [0.05, 0.1) is 0 Å². The third kappa shape index (κ3) is 4.34. The molecule has 0 saturated heterocycles. The topological polar surface area (TPSA) is 38.3 Å². The first-order valence-electron chi connectivity index (χ1n) is 4.38. The number of carbonyl (C=O) groups is 1. The standard InChI is InChI=1S/C8H12F3NO2/c1-5(6-2-3-6)12-7(13)14-4-8(9,10)11/h5-6H,2-4H2,1H3,(H,12,13)/t5-/m0/s1. The zero-order valence-electron chi connectivity index (χ0n) is 7.73. The lowest BCUT2D eigenvalue weighted by Crippen LogP contribution is -2.36.